The zero-order valence-corrected chi connectivity index (χ0v) is 24.6. The molecular formula is C32H39F3N2O7. The van der Waals surface area contributed by atoms with E-state index in [0.717, 1.165) is 56.4 Å². The molecular weight excluding hydrogens is 581 g/mol. The molecule has 44 heavy (non-hydrogen) atoms. The SMILES string of the molecule is COc1cc(CO)cc2c1O[C@@H]1[C@@H](O)[C@H](N(CC3CCCCC3)C(=O)c3ccc(C(F)(F)F)cc3)CC(C(=O)NCCO)[C@H]21. The number of hydrogen-bond donors (Lipinski definition) is 4. The Morgan fingerprint density at radius 2 is 1.80 bits per heavy atom. The molecule has 2 aliphatic carbocycles. The van der Waals surface area contributed by atoms with Crippen LogP contribution in [0.2, 0.25) is 0 Å². The van der Waals surface area contributed by atoms with E-state index in [-0.39, 0.29) is 44.2 Å². The summed E-state index contributed by atoms with van der Waals surface area (Å²) in [6, 6.07) is 6.46. The zero-order valence-electron chi connectivity index (χ0n) is 24.6. The molecule has 0 spiro atoms. The Morgan fingerprint density at radius 3 is 2.41 bits per heavy atom. The van der Waals surface area contributed by atoms with E-state index in [1.54, 1.807) is 12.1 Å². The number of hydrogen-bond acceptors (Lipinski definition) is 7. The van der Waals surface area contributed by atoms with Gasteiger partial charge in [-0.2, -0.15) is 13.2 Å². The Labute approximate surface area is 254 Å². The fourth-order valence-corrected chi connectivity index (χ4v) is 7.06. The average Bonchev–Trinajstić information content (AvgIpc) is 3.42. The van der Waals surface area contributed by atoms with E-state index >= 15 is 0 Å². The number of nitrogens with zero attached hydrogens (tertiary/aromatic N) is 1. The second-order valence-corrected chi connectivity index (χ2v) is 11.9. The number of nitrogens with one attached hydrogen (secondary N) is 1. The molecule has 12 heteroatoms. The molecule has 9 nitrogen and oxygen atoms in total. The number of aliphatic hydroxyl groups is 3. The molecule has 0 radical (unpaired) electrons. The largest absolute Gasteiger partial charge is 0.493 e. The summed E-state index contributed by atoms with van der Waals surface area (Å²) in [6.07, 6.45) is -1.92. The van der Waals surface area contributed by atoms with Gasteiger partial charge in [0.2, 0.25) is 5.91 Å². The van der Waals surface area contributed by atoms with Crippen molar-refractivity contribution in [1.82, 2.24) is 10.2 Å². The number of carbonyl (C=O) groups excluding carboxylic acids is 2. The molecule has 240 valence electrons. The molecule has 5 rings (SSSR count). The number of alkyl halides is 3. The van der Waals surface area contributed by atoms with E-state index in [4.69, 9.17) is 9.47 Å². The van der Waals surface area contributed by atoms with Crippen LogP contribution < -0.4 is 14.8 Å². The van der Waals surface area contributed by atoms with Crippen LogP contribution in [0.25, 0.3) is 0 Å². The monoisotopic (exact) mass is 620 g/mol. The standard InChI is InChI=1S/C32H39F3N2O7/c1-43-25-14-19(17-39)13-22-26-23(30(41)36-11-12-38)15-24(27(40)29(26)44-28(22)25)37(16-18-5-3-2-4-6-18)31(42)20-7-9-21(10-8-20)32(33,34)35/h7-10,13-14,18,23-24,26-27,29,38-40H,2-6,11-12,15-17H2,1H3,(H,36,41)/t23?,24-,26+,27+,29+/m1/s1. The molecule has 1 aliphatic heterocycles. The van der Waals surface area contributed by atoms with Gasteiger partial charge >= 0.3 is 6.18 Å². The molecule has 2 aromatic carbocycles. The van der Waals surface area contributed by atoms with Gasteiger partial charge < -0.3 is 35.0 Å². The maximum atomic E-state index is 14.1. The van der Waals surface area contributed by atoms with Crippen LogP contribution in [0.1, 0.15) is 71.5 Å². The van der Waals surface area contributed by atoms with Crippen molar-refractivity contribution in [2.75, 3.05) is 26.8 Å². The number of halogens is 3. The van der Waals surface area contributed by atoms with Gasteiger partial charge in [0, 0.05) is 30.1 Å². The minimum Gasteiger partial charge on any atom is -0.493 e. The number of rotatable bonds is 9. The number of fused-ring (bicyclic) bond motifs is 3. The van der Waals surface area contributed by atoms with Crippen LogP contribution in [0.5, 0.6) is 11.5 Å². The van der Waals surface area contributed by atoms with E-state index in [9.17, 15) is 38.1 Å². The third-order valence-electron chi connectivity index (χ3n) is 9.22. The van der Waals surface area contributed by atoms with Crippen LogP contribution in [0.3, 0.4) is 0 Å². The molecule has 3 aliphatic rings. The number of ether oxygens (including phenoxy) is 2. The normalized spacial score (nSPS) is 25.0. The summed E-state index contributed by atoms with van der Waals surface area (Å²) < 4.78 is 51.6. The van der Waals surface area contributed by atoms with Gasteiger partial charge in [-0.25, -0.2) is 0 Å². The summed E-state index contributed by atoms with van der Waals surface area (Å²) in [5.74, 6) is -1.57. The fourth-order valence-electron chi connectivity index (χ4n) is 7.06. The number of amides is 2. The highest BCUT2D eigenvalue weighted by Gasteiger charge is 2.55. The van der Waals surface area contributed by atoms with Crippen molar-refractivity contribution in [3.63, 3.8) is 0 Å². The molecule has 0 aromatic heterocycles. The molecule has 1 unspecified atom stereocenters. The first-order chi connectivity index (χ1) is 21.1. The van der Waals surface area contributed by atoms with Gasteiger partial charge in [-0.05, 0) is 67.1 Å². The average molecular weight is 621 g/mol. The van der Waals surface area contributed by atoms with Crippen molar-refractivity contribution in [3.8, 4) is 11.5 Å². The Balaban J connectivity index is 1.54. The van der Waals surface area contributed by atoms with Gasteiger partial charge in [0.25, 0.3) is 5.91 Å². The lowest BCUT2D eigenvalue weighted by molar-refractivity contribution is -0.137. The number of carbonyl (C=O) groups is 2. The van der Waals surface area contributed by atoms with Crippen LogP contribution in [0.4, 0.5) is 13.2 Å². The van der Waals surface area contributed by atoms with Crippen LogP contribution in [-0.2, 0) is 17.6 Å². The van der Waals surface area contributed by atoms with Gasteiger partial charge in [-0.15, -0.1) is 0 Å². The Kier molecular flexibility index (Phi) is 9.71. The number of aliphatic hydroxyl groups excluding tert-OH is 3. The van der Waals surface area contributed by atoms with Crippen molar-refractivity contribution >= 4 is 11.8 Å². The van der Waals surface area contributed by atoms with E-state index in [1.165, 1.54) is 12.0 Å². The fraction of sp³-hybridized carbons (Fsp3) is 0.562. The maximum Gasteiger partial charge on any atom is 0.416 e. The van der Waals surface area contributed by atoms with Crippen molar-refractivity contribution in [2.45, 2.75) is 75.5 Å². The summed E-state index contributed by atoms with van der Waals surface area (Å²) in [5.41, 5.74) is 0.303. The smallest absolute Gasteiger partial charge is 0.416 e. The molecule has 0 bridgehead atoms. The topological polar surface area (TPSA) is 129 Å². The lowest BCUT2D eigenvalue weighted by Gasteiger charge is -2.46. The lowest BCUT2D eigenvalue weighted by Crippen LogP contribution is -2.60. The molecule has 2 amide bonds. The third-order valence-corrected chi connectivity index (χ3v) is 9.22. The highest BCUT2D eigenvalue weighted by atomic mass is 19.4. The quantitative estimate of drug-likeness (QED) is 0.337. The molecule has 4 N–H and O–H groups in total. The van der Waals surface area contributed by atoms with Gasteiger partial charge in [-0.1, -0.05) is 19.3 Å². The van der Waals surface area contributed by atoms with Gasteiger partial charge in [0.1, 0.15) is 12.2 Å². The molecule has 2 saturated carbocycles. The van der Waals surface area contributed by atoms with Crippen LogP contribution in [0, 0.1) is 11.8 Å². The Bertz CT molecular complexity index is 1330. The van der Waals surface area contributed by atoms with Crippen molar-refractivity contribution in [2.24, 2.45) is 11.8 Å². The van der Waals surface area contributed by atoms with Gasteiger partial charge in [0.15, 0.2) is 11.5 Å². The van der Waals surface area contributed by atoms with E-state index in [0.29, 0.717) is 22.6 Å². The second kappa shape index (κ2) is 13.3. The number of methoxy groups -OCH3 is 1. The van der Waals surface area contributed by atoms with Crippen LogP contribution >= 0.6 is 0 Å². The molecule has 2 fully saturated rings. The van der Waals surface area contributed by atoms with E-state index in [1.807, 2.05) is 0 Å². The molecule has 2 aromatic rings. The predicted molar refractivity (Wildman–Crippen MR) is 153 cm³/mol. The Morgan fingerprint density at radius 1 is 1.09 bits per heavy atom. The Hall–Kier alpha value is -3.35. The first-order valence-corrected chi connectivity index (χ1v) is 15.1. The maximum absolute atomic E-state index is 14.1. The molecule has 0 saturated heterocycles. The summed E-state index contributed by atoms with van der Waals surface area (Å²) in [4.78, 5) is 29.2. The highest BCUT2D eigenvalue weighted by Crippen LogP contribution is 2.53. The van der Waals surface area contributed by atoms with Crippen molar-refractivity contribution in [1.29, 1.82) is 0 Å². The minimum absolute atomic E-state index is 0.00390. The highest BCUT2D eigenvalue weighted by molar-refractivity contribution is 5.94. The minimum atomic E-state index is -4.56. The first kappa shape index (κ1) is 32.1. The number of benzene rings is 2. The first-order valence-electron chi connectivity index (χ1n) is 15.1. The molecule has 1 heterocycles. The van der Waals surface area contributed by atoms with Crippen molar-refractivity contribution < 1.29 is 47.6 Å². The van der Waals surface area contributed by atoms with Crippen LogP contribution in [-0.4, -0.2) is 77.1 Å². The third kappa shape index (κ3) is 6.38. The van der Waals surface area contributed by atoms with Gasteiger partial charge in [0.05, 0.1) is 37.8 Å². The second-order valence-electron chi connectivity index (χ2n) is 11.9. The zero-order chi connectivity index (χ0) is 31.6. The summed E-state index contributed by atoms with van der Waals surface area (Å²) >= 11 is 0. The van der Waals surface area contributed by atoms with E-state index in [2.05, 4.69) is 5.32 Å². The summed E-state index contributed by atoms with van der Waals surface area (Å²) in [7, 11) is 1.45. The van der Waals surface area contributed by atoms with E-state index < -0.39 is 53.6 Å². The van der Waals surface area contributed by atoms with Crippen LogP contribution in [0.15, 0.2) is 36.4 Å². The summed E-state index contributed by atoms with van der Waals surface area (Å²) in [5, 5.41) is 33.9. The summed E-state index contributed by atoms with van der Waals surface area (Å²) in [6.45, 7) is -0.294. The van der Waals surface area contributed by atoms with Gasteiger partial charge in [-0.3, -0.25) is 9.59 Å². The van der Waals surface area contributed by atoms with Crippen molar-refractivity contribution in [3.05, 3.63) is 58.7 Å². The molecule has 5 atom stereocenters. The predicted octanol–water partition coefficient (Wildman–Crippen LogP) is 3.63. The lowest BCUT2D eigenvalue weighted by atomic mass is 9.70.